The van der Waals surface area contributed by atoms with Gasteiger partial charge >= 0.3 is 0 Å². The van der Waals surface area contributed by atoms with Crippen LogP contribution in [-0.2, 0) is 4.79 Å². The summed E-state index contributed by atoms with van der Waals surface area (Å²) in [6.07, 6.45) is 0.709. The summed E-state index contributed by atoms with van der Waals surface area (Å²) >= 11 is 1.33. The van der Waals surface area contributed by atoms with Gasteiger partial charge in [-0.1, -0.05) is 25.6 Å². The van der Waals surface area contributed by atoms with Gasteiger partial charge in [-0.05, 0) is 25.7 Å². The molecule has 1 N–H and O–H groups in total. The molecular formula is C10H20O2S. The van der Waals surface area contributed by atoms with Crippen LogP contribution in [0.15, 0.2) is 0 Å². The summed E-state index contributed by atoms with van der Waals surface area (Å²) in [5.74, 6) is 0.770. The number of hydrogen-bond donors (Lipinski definition) is 1. The van der Waals surface area contributed by atoms with Crippen molar-refractivity contribution in [3.63, 3.8) is 0 Å². The van der Waals surface area contributed by atoms with E-state index < -0.39 is 5.60 Å². The van der Waals surface area contributed by atoms with Crippen molar-refractivity contribution in [2.24, 2.45) is 5.41 Å². The smallest absolute Gasteiger partial charge is 0.185 e. The zero-order valence-corrected chi connectivity index (χ0v) is 9.99. The van der Waals surface area contributed by atoms with E-state index in [1.165, 1.54) is 11.8 Å². The number of hydrogen-bond acceptors (Lipinski definition) is 3. The summed E-state index contributed by atoms with van der Waals surface area (Å²) in [5.41, 5.74) is -0.643. The SMILES string of the molecule is CC(=O)SCC(C)(C)CC(C)(C)O. The molecule has 0 saturated heterocycles. The van der Waals surface area contributed by atoms with E-state index in [0.29, 0.717) is 6.42 Å². The molecule has 0 amide bonds. The van der Waals surface area contributed by atoms with Gasteiger partial charge in [0, 0.05) is 12.7 Å². The molecule has 0 unspecified atom stereocenters. The van der Waals surface area contributed by atoms with E-state index in [1.54, 1.807) is 20.8 Å². The van der Waals surface area contributed by atoms with E-state index >= 15 is 0 Å². The largest absolute Gasteiger partial charge is 0.390 e. The maximum absolute atomic E-state index is 10.8. The average molecular weight is 204 g/mol. The molecule has 0 radical (unpaired) electrons. The highest BCUT2D eigenvalue weighted by Crippen LogP contribution is 2.31. The van der Waals surface area contributed by atoms with Crippen molar-refractivity contribution in [1.82, 2.24) is 0 Å². The predicted molar refractivity (Wildman–Crippen MR) is 57.8 cm³/mol. The fraction of sp³-hybridized carbons (Fsp3) is 0.900. The quantitative estimate of drug-likeness (QED) is 0.764. The lowest BCUT2D eigenvalue weighted by Crippen LogP contribution is -2.30. The highest BCUT2D eigenvalue weighted by Gasteiger charge is 2.27. The molecule has 3 heteroatoms. The maximum Gasteiger partial charge on any atom is 0.185 e. The predicted octanol–water partition coefficient (Wildman–Crippen LogP) is 2.45. The van der Waals surface area contributed by atoms with Gasteiger partial charge in [0.2, 0.25) is 0 Å². The first-order chi connectivity index (χ1) is 5.62. The lowest BCUT2D eigenvalue weighted by atomic mass is 9.84. The molecule has 0 atom stereocenters. The van der Waals surface area contributed by atoms with Gasteiger partial charge in [0.15, 0.2) is 5.12 Å². The van der Waals surface area contributed by atoms with Crippen molar-refractivity contribution >= 4 is 16.9 Å². The molecule has 0 aliphatic heterocycles. The molecular weight excluding hydrogens is 184 g/mol. The van der Waals surface area contributed by atoms with Crippen molar-refractivity contribution in [3.05, 3.63) is 0 Å². The maximum atomic E-state index is 10.8. The molecule has 13 heavy (non-hydrogen) atoms. The second-order valence-electron chi connectivity index (χ2n) is 4.93. The minimum absolute atomic E-state index is 0.00852. The topological polar surface area (TPSA) is 37.3 Å². The summed E-state index contributed by atoms with van der Waals surface area (Å²) in [6, 6.07) is 0. The normalized spacial score (nSPS) is 13.1. The molecule has 0 rings (SSSR count). The molecule has 0 aromatic rings. The van der Waals surface area contributed by atoms with Gasteiger partial charge in [-0.25, -0.2) is 0 Å². The van der Waals surface area contributed by atoms with Gasteiger partial charge in [-0.15, -0.1) is 0 Å². The number of carbonyl (C=O) groups excluding carboxylic acids is 1. The number of carbonyl (C=O) groups is 1. The van der Waals surface area contributed by atoms with Gasteiger partial charge in [-0.2, -0.15) is 0 Å². The summed E-state index contributed by atoms with van der Waals surface area (Å²) in [4.78, 5) is 10.8. The molecule has 0 aromatic heterocycles. The summed E-state index contributed by atoms with van der Waals surface area (Å²) in [7, 11) is 0. The zero-order chi connectivity index (χ0) is 10.7. The third-order valence-electron chi connectivity index (χ3n) is 1.58. The van der Waals surface area contributed by atoms with Crippen LogP contribution in [0.5, 0.6) is 0 Å². The third-order valence-corrected chi connectivity index (χ3v) is 2.91. The highest BCUT2D eigenvalue weighted by molar-refractivity contribution is 8.13. The number of thioether (sulfide) groups is 1. The minimum atomic E-state index is -0.652. The van der Waals surface area contributed by atoms with Crippen molar-refractivity contribution in [1.29, 1.82) is 0 Å². The van der Waals surface area contributed by atoms with Gasteiger partial charge in [0.25, 0.3) is 0 Å². The van der Waals surface area contributed by atoms with Crippen LogP contribution in [0.3, 0.4) is 0 Å². The fourth-order valence-corrected chi connectivity index (χ4v) is 2.22. The van der Waals surface area contributed by atoms with Crippen LogP contribution in [0.1, 0.15) is 41.0 Å². The first-order valence-corrected chi connectivity index (χ1v) is 5.47. The summed E-state index contributed by atoms with van der Waals surface area (Å²) < 4.78 is 0. The Balaban J connectivity index is 4.01. The van der Waals surface area contributed by atoms with E-state index in [1.807, 2.05) is 0 Å². The van der Waals surface area contributed by atoms with Crippen molar-refractivity contribution < 1.29 is 9.90 Å². The highest BCUT2D eigenvalue weighted by atomic mass is 32.2. The summed E-state index contributed by atoms with van der Waals surface area (Å²) in [5, 5.41) is 9.77. The Hall–Kier alpha value is -0.0200. The van der Waals surface area contributed by atoms with Gasteiger partial charge < -0.3 is 5.11 Å². The Labute approximate surface area is 85.1 Å². The molecule has 0 bridgehead atoms. The van der Waals surface area contributed by atoms with E-state index in [2.05, 4.69) is 13.8 Å². The van der Waals surface area contributed by atoms with Crippen LogP contribution in [0, 0.1) is 5.41 Å². The molecule has 2 nitrogen and oxygen atoms in total. The van der Waals surface area contributed by atoms with Crippen LogP contribution in [0.2, 0.25) is 0 Å². The Bertz CT molecular complexity index is 180. The van der Waals surface area contributed by atoms with Crippen LogP contribution in [-0.4, -0.2) is 21.6 Å². The summed E-state index contributed by atoms with van der Waals surface area (Å²) in [6.45, 7) is 9.31. The van der Waals surface area contributed by atoms with E-state index in [-0.39, 0.29) is 10.5 Å². The number of aliphatic hydroxyl groups is 1. The molecule has 0 saturated carbocycles. The number of rotatable bonds is 4. The van der Waals surface area contributed by atoms with Crippen LogP contribution in [0.4, 0.5) is 0 Å². The standard InChI is InChI=1S/C10H20O2S/c1-8(11)13-7-9(2,3)6-10(4,5)12/h12H,6-7H2,1-5H3. The van der Waals surface area contributed by atoms with E-state index in [9.17, 15) is 9.90 Å². The molecule has 0 aliphatic carbocycles. The Morgan fingerprint density at radius 2 is 1.77 bits per heavy atom. The monoisotopic (exact) mass is 204 g/mol. The Morgan fingerprint density at radius 1 is 1.31 bits per heavy atom. The molecule has 0 heterocycles. The van der Waals surface area contributed by atoms with Gasteiger partial charge in [0.1, 0.15) is 0 Å². The van der Waals surface area contributed by atoms with E-state index in [0.717, 1.165) is 5.75 Å². The van der Waals surface area contributed by atoms with Gasteiger partial charge in [-0.3, -0.25) is 4.79 Å². The van der Waals surface area contributed by atoms with Crippen molar-refractivity contribution in [2.45, 2.75) is 46.6 Å². The lowest BCUT2D eigenvalue weighted by Gasteiger charge is -2.30. The second kappa shape index (κ2) is 4.47. The third kappa shape index (κ3) is 8.31. The molecule has 0 spiro atoms. The zero-order valence-electron chi connectivity index (χ0n) is 9.18. The molecule has 78 valence electrons. The molecule has 0 aromatic carbocycles. The first kappa shape index (κ1) is 13.0. The van der Waals surface area contributed by atoms with Gasteiger partial charge in [0.05, 0.1) is 5.60 Å². The second-order valence-corrected chi connectivity index (χ2v) is 6.09. The first-order valence-electron chi connectivity index (χ1n) is 4.48. The Kier molecular flexibility index (Phi) is 4.46. The van der Waals surface area contributed by atoms with Crippen LogP contribution < -0.4 is 0 Å². The lowest BCUT2D eigenvalue weighted by molar-refractivity contribution is -0.109. The van der Waals surface area contributed by atoms with Crippen molar-refractivity contribution in [3.8, 4) is 0 Å². The molecule has 0 aliphatic rings. The van der Waals surface area contributed by atoms with Crippen LogP contribution >= 0.6 is 11.8 Å². The van der Waals surface area contributed by atoms with Crippen molar-refractivity contribution in [2.75, 3.05) is 5.75 Å². The molecule has 0 fully saturated rings. The fourth-order valence-electron chi connectivity index (χ4n) is 1.52. The van der Waals surface area contributed by atoms with Crippen LogP contribution in [0.25, 0.3) is 0 Å². The average Bonchev–Trinajstić information content (AvgIpc) is 1.78. The minimum Gasteiger partial charge on any atom is -0.390 e. The Morgan fingerprint density at radius 3 is 2.08 bits per heavy atom. The van der Waals surface area contributed by atoms with E-state index in [4.69, 9.17) is 0 Å².